The first-order valence-corrected chi connectivity index (χ1v) is 4.07. The summed E-state index contributed by atoms with van der Waals surface area (Å²) in [6.45, 7) is 2.03. The van der Waals surface area contributed by atoms with Gasteiger partial charge in [0.2, 0.25) is 12.2 Å². The van der Waals surface area contributed by atoms with Crippen molar-refractivity contribution in [2.24, 2.45) is 0 Å². The molecule has 0 unspecified atom stereocenters. The highest BCUT2D eigenvalue weighted by Gasteiger charge is 2.06. The van der Waals surface area contributed by atoms with Crippen molar-refractivity contribution in [3.8, 4) is 10.7 Å². The summed E-state index contributed by atoms with van der Waals surface area (Å²) in [7, 11) is 0. The summed E-state index contributed by atoms with van der Waals surface area (Å²) in [5, 5.41) is 5.76. The molecule has 0 aliphatic rings. The first-order chi connectivity index (χ1) is 5.38. The van der Waals surface area contributed by atoms with E-state index in [1.807, 2.05) is 18.4 Å². The molecule has 0 N–H and O–H groups in total. The standard InChI is InChI=1S/C7H6N2OS/c1-5-2-3-11-6(5)7-8-4-10-9-7/h2-4H,1H3. The van der Waals surface area contributed by atoms with Crippen molar-refractivity contribution < 1.29 is 4.52 Å². The van der Waals surface area contributed by atoms with Gasteiger partial charge >= 0.3 is 0 Å². The number of aromatic nitrogens is 2. The minimum absolute atomic E-state index is 0.678. The Morgan fingerprint density at radius 2 is 2.45 bits per heavy atom. The van der Waals surface area contributed by atoms with Crippen molar-refractivity contribution >= 4 is 11.3 Å². The van der Waals surface area contributed by atoms with Gasteiger partial charge in [0, 0.05) is 0 Å². The van der Waals surface area contributed by atoms with E-state index < -0.39 is 0 Å². The summed E-state index contributed by atoms with van der Waals surface area (Å²) in [5.41, 5.74) is 1.19. The first kappa shape index (κ1) is 6.54. The lowest BCUT2D eigenvalue weighted by Gasteiger charge is -1.87. The fraction of sp³-hybridized carbons (Fsp3) is 0.143. The number of nitrogens with zero attached hydrogens (tertiary/aromatic N) is 2. The quantitative estimate of drug-likeness (QED) is 0.651. The highest BCUT2D eigenvalue weighted by Crippen LogP contribution is 2.25. The summed E-state index contributed by atoms with van der Waals surface area (Å²) in [6, 6.07) is 2.04. The van der Waals surface area contributed by atoms with Crippen LogP contribution in [0.1, 0.15) is 5.56 Å². The predicted octanol–water partition coefficient (Wildman–Crippen LogP) is 2.11. The van der Waals surface area contributed by atoms with Crippen molar-refractivity contribution in [3.63, 3.8) is 0 Å². The van der Waals surface area contributed by atoms with E-state index in [0.29, 0.717) is 5.82 Å². The summed E-state index contributed by atoms with van der Waals surface area (Å²) in [5.74, 6) is 0.678. The molecule has 0 radical (unpaired) electrons. The molecule has 2 rings (SSSR count). The van der Waals surface area contributed by atoms with Gasteiger partial charge in [-0.05, 0) is 23.9 Å². The highest BCUT2D eigenvalue weighted by atomic mass is 32.1. The molecule has 0 saturated carbocycles. The lowest BCUT2D eigenvalue weighted by molar-refractivity contribution is 0.419. The molecule has 2 aromatic heterocycles. The third-order valence-electron chi connectivity index (χ3n) is 1.43. The molecule has 0 aliphatic carbocycles. The lowest BCUT2D eigenvalue weighted by Crippen LogP contribution is -1.76. The zero-order chi connectivity index (χ0) is 7.68. The summed E-state index contributed by atoms with van der Waals surface area (Å²) < 4.78 is 4.64. The molecular weight excluding hydrogens is 160 g/mol. The van der Waals surface area contributed by atoms with E-state index in [1.165, 1.54) is 12.0 Å². The van der Waals surface area contributed by atoms with Crippen molar-refractivity contribution in [1.82, 2.24) is 10.1 Å². The van der Waals surface area contributed by atoms with E-state index in [1.54, 1.807) is 11.3 Å². The van der Waals surface area contributed by atoms with E-state index in [2.05, 4.69) is 14.7 Å². The third-order valence-corrected chi connectivity index (χ3v) is 2.44. The average Bonchev–Trinajstić information content (AvgIpc) is 2.55. The van der Waals surface area contributed by atoms with Crippen LogP contribution in [0.25, 0.3) is 10.7 Å². The fourth-order valence-corrected chi connectivity index (χ4v) is 1.73. The van der Waals surface area contributed by atoms with Crippen LogP contribution in [-0.2, 0) is 0 Å². The Morgan fingerprint density at radius 1 is 1.55 bits per heavy atom. The summed E-state index contributed by atoms with van der Waals surface area (Å²) in [4.78, 5) is 5.03. The average molecular weight is 166 g/mol. The molecule has 0 aliphatic heterocycles. The van der Waals surface area contributed by atoms with Crippen LogP contribution in [0.4, 0.5) is 0 Å². The number of aryl methyl sites for hydroxylation is 1. The van der Waals surface area contributed by atoms with Crippen LogP contribution in [0.5, 0.6) is 0 Å². The molecule has 0 spiro atoms. The van der Waals surface area contributed by atoms with Crippen LogP contribution in [0, 0.1) is 6.92 Å². The van der Waals surface area contributed by atoms with Crippen molar-refractivity contribution in [2.45, 2.75) is 6.92 Å². The number of hydrogen-bond donors (Lipinski definition) is 0. The largest absolute Gasteiger partial charge is 0.342 e. The number of thiophene rings is 1. The van der Waals surface area contributed by atoms with Crippen molar-refractivity contribution in [3.05, 3.63) is 23.4 Å². The molecule has 4 heteroatoms. The van der Waals surface area contributed by atoms with E-state index in [4.69, 9.17) is 0 Å². The zero-order valence-electron chi connectivity index (χ0n) is 5.94. The lowest BCUT2D eigenvalue weighted by atomic mass is 10.3. The maximum atomic E-state index is 4.64. The predicted molar refractivity (Wildman–Crippen MR) is 42.3 cm³/mol. The Kier molecular flexibility index (Phi) is 1.47. The summed E-state index contributed by atoms with van der Waals surface area (Å²) >= 11 is 1.62. The second-order valence-corrected chi connectivity index (χ2v) is 3.10. The van der Waals surface area contributed by atoms with E-state index in [9.17, 15) is 0 Å². The maximum Gasteiger partial charge on any atom is 0.214 e. The minimum atomic E-state index is 0.678. The molecule has 0 aromatic carbocycles. The monoisotopic (exact) mass is 166 g/mol. The smallest absolute Gasteiger partial charge is 0.214 e. The van der Waals surface area contributed by atoms with Gasteiger partial charge < -0.3 is 4.52 Å². The Labute approximate surface area is 67.7 Å². The van der Waals surface area contributed by atoms with E-state index in [-0.39, 0.29) is 0 Å². The van der Waals surface area contributed by atoms with Gasteiger partial charge in [0.25, 0.3) is 0 Å². The molecule has 2 aromatic rings. The molecule has 56 valence electrons. The topological polar surface area (TPSA) is 38.9 Å². The molecule has 0 fully saturated rings. The van der Waals surface area contributed by atoms with E-state index >= 15 is 0 Å². The Bertz CT molecular complexity index is 339. The second kappa shape index (κ2) is 2.47. The number of rotatable bonds is 1. The Balaban J connectivity index is 2.53. The molecule has 11 heavy (non-hydrogen) atoms. The number of hydrogen-bond acceptors (Lipinski definition) is 4. The van der Waals surface area contributed by atoms with Crippen LogP contribution < -0.4 is 0 Å². The van der Waals surface area contributed by atoms with Gasteiger partial charge in [0.15, 0.2) is 0 Å². The minimum Gasteiger partial charge on any atom is -0.342 e. The van der Waals surface area contributed by atoms with Crippen molar-refractivity contribution in [2.75, 3.05) is 0 Å². The first-order valence-electron chi connectivity index (χ1n) is 3.19. The Morgan fingerprint density at radius 3 is 3.00 bits per heavy atom. The van der Waals surface area contributed by atoms with Gasteiger partial charge in [-0.25, -0.2) is 0 Å². The Hall–Kier alpha value is -1.16. The van der Waals surface area contributed by atoms with Gasteiger partial charge in [-0.1, -0.05) is 5.16 Å². The van der Waals surface area contributed by atoms with Crippen LogP contribution in [0.3, 0.4) is 0 Å². The SMILES string of the molecule is Cc1ccsc1-c1ncon1. The van der Waals surface area contributed by atoms with E-state index in [0.717, 1.165) is 4.88 Å². The second-order valence-electron chi connectivity index (χ2n) is 2.19. The molecule has 3 nitrogen and oxygen atoms in total. The van der Waals surface area contributed by atoms with Gasteiger partial charge in [0.05, 0.1) is 4.88 Å². The molecule has 0 saturated heterocycles. The van der Waals surface area contributed by atoms with Crippen LogP contribution >= 0.6 is 11.3 Å². The van der Waals surface area contributed by atoms with Crippen LogP contribution in [0.2, 0.25) is 0 Å². The van der Waals surface area contributed by atoms with Crippen LogP contribution in [0.15, 0.2) is 22.4 Å². The fourth-order valence-electron chi connectivity index (χ4n) is 0.872. The third kappa shape index (κ3) is 1.05. The van der Waals surface area contributed by atoms with Gasteiger partial charge in [0.1, 0.15) is 0 Å². The van der Waals surface area contributed by atoms with Gasteiger partial charge in [-0.2, -0.15) is 4.98 Å². The van der Waals surface area contributed by atoms with Gasteiger partial charge in [-0.15, -0.1) is 11.3 Å². The van der Waals surface area contributed by atoms with Crippen molar-refractivity contribution in [1.29, 1.82) is 0 Å². The van der Waals surface area contributed by atoms with Gasteiger partial charge in [-0.3, -0.25) is 0 Å². The maximum absolute atomic E-state index is 4.64. The van der Waals surface area contributed by atoms with Crippen LogP contribution in [-0.4, -0.2) is 10.1 Å². The molecule has 0 amide bonds. The normalized spacial score (nSPS) is 10.3. The molecule has 2 heterocycles. The zero-order valence-corrected chi connectivity index (χ0v) is 6.76. The summed E-state index contributed by atoms with van der Waals surface area (Å²) in [6.07, 6.45) is 1.34. The highest BCUT2D eigenvalue weighted by molar-refractivity contribution is 7.13. The molecular formula is C7H6N2OS. The molecule has 0 bridgehead atoms. The molecule has 0 atom stereocenters.